The van der Waals surface area contributed by atoms with Crippen LogP contribution in [-0.2, 0) is 17.8 Å². The minimum Gasteiger partial charge on any atom is -0.369 e. The predicted octanol–water partition coefficient (Wildman–Crippen LogP) is 2.60. The van der Waals surface area contributed by atoms with Gasteiger partial charge in [-0.05, 0) is 25.5 Å². The van der Waals surface area contributed by atoms with E-state index >= 15 is 0 Å². The largest absolute Gasteiger partial charge is 0.369 e. The highest BCUT2D eigenvalue weighted by Crippen LogP contribution is 2.26. The highest BCUT2D eigenvalue weighted by atomic mass is 32.2. The SMILES string of the molecule is CCc1nc(CNC(=O)c2ccccc2S[C@@H](C)C(N)=O)cs1. The number of thioether (sulfide) groups is 1. The molecule has 122 valence electrons. The van der Waals surface area contributed by atoms with Crippen molar-refractivity contribution < 1.29 is 9.59 Å². The number of hydrogen-bond donors (Lipinski definition) is 2. The second-order valence-corrected chi connectivity index (χ2v) is 7.25. The lowest BCUT2D eigenvalue weighted by molar-refractivity contribution is -0.117. The van der Waals surface area contributed by atoms with Gasteiger partial charge in [-0.25, -0.2) is 4.98 Å². The summed E-state index contributed by atoms with van der Waals surface area (Å²) in [6.07, 6.45) is 0.892. The Morgan fingerprint density at radius 3 is 2.78 bits per heavy atom. The lowest BCUT2D eigenvalue weighted by atomic mass is 10.2. The average molecular weight is 349 g/mol. The summed E-state index contributed by atoms with van der Waals surface area (Å²) in [7, 11) is 0. The fraction of sp³-hybridized carbons (Fsp3) is 0.312. The van der Waals surface area contributed by atoms with Gasteiger partial charge in [0.25, 0.3) is 5.91 Å². The highest BCUT2D eigenvalue weighted by molar-refractivity contribution is 8.00. The van der Waals surface area contributed by atoms with E-state index in [-0.39, 0.29) is 5.91 Å². The van der Waals surface area contributed by atoms with E-state index in [1.165, 1.54) is 11.8 Å². The number of primary amides is 1. The number of carbonyl (C=O) groups excluding carboxylic acids is 2. The number of aromatic nitrogens is 1. The van der Waals surface area contributed by atoms with E-state index in [2.05, 4.69) is 17.2 Å². The van der Waals surface area contributed by atoms with Gasteiger partial charge >= 0.3 is 0 Å². The fourth-order valence-electron chi connectivity index (χ4n) is 1.86. The van der Waals surface area contributed by atoms with Gasteiger partial charge in [0.05, 0.1) is 28.1 Å². The molecule has 0 fully saturated rings. The number of carbonyl (C=O) groups is 2. The normalized spacial score (nSPS) is 11.9. The second kappa shape index (κ2) is 8.12. The molecule has 0 radical (unpaired) electrons. The molecular weight excluding hydrogens is 330 g/mol. The Morgan fingerprint density at radius 1 is 1.39 bits per heavy atom. The van der Waals surface area contributed by atoms with Crippen LogP contribution >= 0.6 is 23.1 Å². The van der Waals surface area contributed by atoms with Crippen LogP contribution in [0.1, 0.15) is 34.9 Å². The van der Waals surface area contributed by atoms with Crippen LogP contribution in [0.25, 0.3) is 0 Å². The number of hydrogen-bond acceptors (Lipinski definition) is 5. The third-order valence-corrected chi connectivity index (χ3v) is 5.41. The first-order valence-electron chi connectivity index (χ1n) is 7.27. The molecule has 0 saturated heterocycles. The summed E-state index contributed by atoms with van der Waals surface area (Å²) in [4.78, 5) is 28.8. The maximum Gasteiger partial charge on any atom is 0.252 e. The number of nitrogens with two attached hydrogens (primary N) is 1. The zero-order valence-electron chi connectivity index (χ0n) is 13.0. The number of benzene rings is 1. The minimum absolute atomic E-state index is 0.184. The Morgan fingerprint density at radius 2 is 2.13 bits per heavy atom. The van der Waals surface area contributed by atoms with Crippen LogP contribution in [0.4, 0.5) is 0 Å². The van der Waals surface area contributed by atoms with Crippen molar-refractivity contribution in [1.82, 2.24) is 10.3 Å². The molecule has 0 saturated carbocycles. The van der Waals surface area contributed by atoms with Gasteiger partial charge in [-0.3, -0.25) is 9.59 Å². The summed E-state index contributed by atoms with van der Waals surface area (Å²) in [5, 5.41) is 5.49. The molecule has 0 unspecified atom stereocenters. The van der Waals surface area contributed by atoms with E-state index in [9.17, 15) is 9.59 Å². The molecule has 1 atom stereocenters. The van der Waals surface area contributed by atoms with Crippen molar-refractivity contribution in [2.24, 2.45) is 5.73 Å². The van der Waals surface area contributed by atoms with Crippen LogP contribution < -0.4 is 11.1 Å². The summed E-state index contributed by atoms with van der Waals surface area (Å²) >= 11 is 2.88. The van der Waals surface area contributed by atoms with Gasteiger partial charge < -0.3 is 11.1 Å². The highest BCUT2D eigenvalue weighted by Gasteiger charge is 2.16. The maximum absolute atomic E-state index is 12.4. The third-order valence-electron chi connectivity index (χ3n) is 3.17. The topological polar surface area (TPSA) is 85.1 Å². The van der Waals surface area contributed by atoms with E-state index < -0.39 is 11.2 Å². The molecule has 5 nitrogen and oxygen atoms in total. The second-order valence-electron chi connectivity index (χ2n) is 4.93. The van der Waals surface area contributed by atoms with Crippen LogP contribution in [0.2, 0.25) is 0 Å². The molecule has 0 aliphatic rings. The lowest BCUT2D eigenvalue weighted by Gasteiger charge is -2.11. The predicted molar refractivity (Wildman–Crippen MR) is 93.6 cm³/mol. The summed E-state index contributed by atoms with van der Waals surface area (Å²) in [5.41, 5.74) is 6.69. The van der Waals surface area contributed by atoms with Gasteiger partial charge in [0, 0.05) is 10.3 Å². The zero-order valence-corrected chi connectivity index (χ0v) is 14.7. The summed E-state index contributed by atoms with van der Waals surface area (Å²) in [6, 6.07) is 7.19. The van der Waals surface area contributed by atoms with E-state index in [1.54, 1.807) is 30.4 Å². The van der Waals surface area contributed by atoms with E-state index in [4.69, 9.17) is 5.73 Å². The van der Waals surface area contributed by atoms with Crippen molar-refractivity contribution in [3.05, 3.63) is 45.9 Å². The van der Waals surface area contributed by atoms with Gasteiger partial charge in [0.1, 0.15) is 0 Å². The molecule has 2 rings (SSSR count). The Labute approximate surface area is 143 Å². The first kappa shape index (κ1) is 17.5. The van der Waals surface area contributed by atoms with Crippen LogP contribution in [0.5, 0.6) is 0 Å². The molecule has 2 aromatic rings. The Hall–Kier alpha value is -1.86. The van der Waals surface area contributed by atoms with Gasteiger partial charge in [-0.15, -0.1) is 23.1 Å². The Kier molecular flexibility index (Phi) is 6.18. The molecule has 1 heterocycles. The standard InChI is InChI=1S/C16H19N3O2S2/c1-3-14-19-11(9-22-14)8-18-16(21)12-6-4-5-7-13(12)23-10(2)15(17)20/h4-7,9-10H,3,8H2,1-2H3,(H2,17,20)(H,18,21)/t10-/m0/s1. The summed E-state index contributed by atoms with van der Waals surface area (Å²) in [6.45, 7) is 4.16. The smallest absolute Gasteiger partial charge is 0.252 e. The number of aryl methyl sites for hydroxylation is 1. The maximum atomic E-state index is 12.4. The molecule has 23 heavy (non-hydrogen) atoms. The molecule has 2 amide bonds. The van der Waals surface area contributed by atoms with Gasteiger partial charge in [0.2, 0.25) is 5.91 Å². The van der Waals surface area contributed by atoms with Crippen LogP contribution in [-0.4, -0.2) is 22.0 Å². The van der Waals surface area contributed by atoms with Crippen LogP contribution in [0, 0.1) is 0 Å². The minimum atomic E-state index is -0.403. The number of rotatable bonds is 7. The van der Waals surface area contributed by atoms with Crippen molar-refractivity contribution in [2.75, 3.05) is 0 Å². The molecule has 0 spiro atoms. The van der Waals surface area contributed by atoms with E-state index in [0.29, 0.717) is 12.1 Å². The third kappa shape index (κ3) is 4.80. The number of amides is 2. The van der Waals surface area contributed by atoms with Gasteiger partial charge in [-0.1, -0.05) is 19.1 Å². The van der Waals surface area contributed by atoms with Crippen molar-refractivity contribution in [3.8, 4) is 0 Å². The summed E-state index contributed by atoms with van der Waals surface area (Å²) in [5.74, 6) is -0.587. The average Bonchev–Trinajstić information content (AvgIpc) is 3.01. The Balaban J connectivity index is 2.05. The van der Waals surface area contributed by atoms with Crippen molar-refractivity contribution >= 4 is 34.9 Å². The molecular formula is C16H19N3O2S2. The molecule has 0 aliphatic carbocycles. The molecule has 1 aromatic heterocycles. The summed E-state index contributed by atoms with van der Waals surface area (Å²) < 4.78 is 0. The van der Waals surface area contributed by atoms with Gasteiger partial charge in [0.15, 0.2) is 0 Å². The monoisotopic (exact) mass is 349 g/mol. The quantitative estimate of drug-likeness (QED) is 0.753. The van der Waals surface area contributed by atoms with Gasteiger partial charge in [-0.2, -0.15) is 0 Å². The number of thiazole rings is 1. The Bertz CT molecular complexity index is 700. The first-order chi connectivity index (χ1) is 11.0. The zero-order chi connectivity index (χ0) is 16.8. The molecule has 1 aromatic carbocycles. The lowest BCUT2D eigenvalue weighted by Crippen LogP contribution is -2.25. The van der Waals surface area contributed by atoms with E-state index in [1.807, 2.05) is 17.5 Å². The molecule has 0 aliphatic heterocycles. The molecule has 7 heteroatoms. The first-order valence-corrected chi connectivity index (χ1v) is 9.03. The number of nitrogens with one attached hydrogen (secondary N) is 1. The molecule has 0 bridgehead atoms. The van der Waals surface area contributed by atoms with Crippen molar-refractivity contribution in [1.29, 1.82) is 0 Å². The molecule has 3 N–H and O–H groups in total. The van der Waals surface area contributed by atoms with Crippen molar-refractivity contribution in [2.45, 2.75) is 37.0 Å². The van der Waals surface area contributed by atoms with E-state index in [0.717, 1.165) is 22.0 Å². The van der Waals surface area contributed by atoms with Crippen LogP contribution in [0.15, 0.2) is 34.5 Å². The number of nitrogens with zero attached hydrogens (tertiary/aromatic N) is 1. The van der Waals surface area contributed by atoms with Crippen LogP contribution in [0.3, 0.4) is 0 Å². The fourth-order valence-corrected chi connectivity index (χ4v) is 3.55. The van der Waals surface area contributed by atoms with Crippen molar-refractivity contribution in [3.63, 3.8) is 0 Å².